The third-order valence-electron chi connectivity index (χ3n) is 6.14. The first-order valence-electron chi connectivity index (χ1n) is 11.3. The number of amides is 1. The molecule has 1 fully saturated rings. The van der Waals surface area contributed by atoms with E-state index in [1.165, 1.54) is 5.56 Å². The van der Waals surface area contributed by atoms with Gasteiger partial charge in [-0.3, -0.25) is 0 Å². The van der Waals surface area contributed by atoms with Crippen LogP contribution in [-0.4, -0.2) is 29.8 Å². The predicted molar refractivity (Wildman–Crippen MR) is 124 cm³/mol. The van der Waals surface area contributed by atoms with Crippen molar-refractivity contribution in [2.24, 2.45) is 11.8 Å². The number of esters is 1. The lowest BCUT2D eigenvalue weighted by molar-refractivity contribution is -0.159. The molecule has 1 N–H and O–H groups in total. The molecule has 5 nitrogen and oxygen atoms in total. The summed E-state index contributed by atoms with van der Waals surface area (Å²) >= 11 is 0. The smallest absolute Gasteiger partial charge is 0.408 e. The zero-order valence-electron chi connectivity index (χ0n) is 19.9. The van der Waals surface area contributed by atoms with E-state index in [4.69, 9.17) is 9.47 Å². The van der Waals surface area contributed by atoms with Gasteiger partial charge in [0.15, 0.2) is 0 Å². The Hall–Kier alpha value is -2.30. The summed E-state index contributed by atoms with van der Waals surface area (Å²) in [5.74, 6) is 0.247. The molecule has 0 aliphatic heterocycles. The summed E-state index contributed by atoms with van der Waals surface area (Å²) < 4.78 is 11.4. The van der Waals surface area contributed by atoms with E-state index in [2.05, 4.69) is 56.9 Å². The standard InChI is InChI=1S/C26H39NO4/c1-8-12-21(27-24(29)31-25(3,4)5)23(28)30-22-17-18(2)15-16-20(22)26(6,7)19-13-10-9-11-14-19/h8-11,13-14,18,20-22H,1,12,15-17H2,2-7H3,(H,27,29)/t18-,20-,21+,22-/m1/s1. The van der Waals surface area contributed by atoms with Crippen molar-refractivity contribution in [1.82, 2.24) is 5.32 Å². The van der Waals surface area contributed by atoms with Gasteiger partial charge in [-0.15, -0.1) is 6.58 Å². The lowest BCUT2D eigenvalue weighted by Gasteiger charge is -2.44. The number of hydrogen-bond donors (Lipinski definition) is 1. The van der Waals surface area contributed by atoms with E-state index in [0.717, 1.165) is 19.3 Å². The molecule has 1 aliphatic rings. The van der Waals surface area contributed by atoms with Gasteiger partial charge in [-0.25, -0.2) is 9.59 Å². The maximum absolute atomic E-state index is 13.1. The van der Waals surface area contributed by atoms with Gasteiger partial charge in [0.05, 0.1) is 0 Å². The molecule has 0 bridgehead atoms. The molecule has 1 saturated carbocycles. The van der Waals surface area contributed by atoms with Gasteiger partial charge in [-0.2, -0.15) is 0 Å². The summed E-state index contributed by atoms with van der Waals surface area (Å²) in [6.45, 7) is 15.7. The largest absolute Gasteiger partial charge is 0.461 e. The molecule has 1 aliphatic carbocycles. The Morgan fingerprint density at radius 2 is 1.81 bits per heavy atom. The molecule has 31 heavy (non-hydrogen) atoms. The quantitative estimate of drug-likeness (QED) is 0.441. The number of carbonyl (C=O) groups excluding carboxylic acids is 2. The lowest BCUT2D eigenvalue weighted by Crippen LogP contribution is -2.48. The van der Waals surface area contributed by atoms with Crippen LogP contribution in [-0.2, 0) is 19.7 Å². The topological polar surface area (TPSA) is 64.6 Å². The van der Waals surface area contributed by atoms with Gasteiger partial charge >= 0.3 is 12.1 Å². The Morgan fingerprint density at radius 1 is 1.16 bits per heavy atom. The third kappa shape index (κ3) is 7.12. The van der Waals surface area contributed by atoms with E-state index in [-0.39, 0.29) is 23.9 Å². The zero-order chi connectivity index (χ0) is 23.2. The second kappa shape index (κ2) is 10.3. The van der Waals surface area contributed by atoms with Crippen molar-refractivity contribution < 1.29 is 19.1 Å². The molecule has 0 unspecified atom stereocenters. The van der Waals surface area contributed by atoms with Gasteiger partial charge < -0.3 is 14.8 Å². The van der Waals surface area contributed by atoms with Crippen molar-refractivity contribution in [1.29, 1.82) is 0 Å². The molecule has 1 aromatic rings. The van der Waals surface area contributed by atoms with Crippen molar-refractivity contribution in [3.8, 4) is 0 Å². The number of nitrogens with one attached hydrogen (secondary N) is 1. The maximum Gasteiger partial charge on any atom is 0.408 e. The number of alkyl carbamates (subject to hydrolysis) is 1. The summed E-state index contributed by atoms with van der Waals surface area (Å²) in [6.07, 6.45) is 3.98. The van der Waals surface area contributed by atoms with E-state index in [0.29, 0.717) is 5.92 Å². The minimum absolute atomic E-state index is 0.140. The van der Waals surface area contributed by atoms with Crippen LogP contribution in [0.3, 0.4) is 0 Å². The van der Waals surface area contributed by atoms with E-state index in [1.807, 2.05) is 6.07 Å². The first-order valence-corrected chi connectivity index (χ1v) is 11.3. The second-order valence-electron chi connectivity index (χ2n) is 10.3. The van der Waals surface area contributed by atoms with Gasteiger partial charge in [-0.05, 0) is 56.9 Å². The molecular weight excluding hydrogens is 390 g/mol. The number of rotatable bonds is 7. The van der Waals surface area contributed by atoms with E-state index in [1.54, 1.807) is 26.8 Å². The van der Waals surface area contributed by atoms with Gasteiger partial charge in [0.2, 0.25) is 0 Å². The summed E-state index contributed by atoms with van der Waals surface area (Å²) in [7, 11) is 0. The van der Waals surface area contributed by atoms with Crippen molar-refractivity contribution in [2.45, 2.75) is 90.4 Å². The average molecular weight is 430 g/mol. The third-order valence-corrected chi connectivity index (χ3v) is 6.14. The van der Waals surface area contributed by atoms with Crippen LogP contribution in [0.2, 0.25) is 0 Å². The monoisotopic (exact) mass is 429 g/mol. The highest BCUT2D eigenvalue weighted by Crippen LogP contribution is 2.43. The van der Waals surface area contributed by atoms with Crippen LogP contribution < -0.4 is 5.32 Å². The van der Waals surface area contributed by atoms with Crippen molar-refractivity contribution >= 4 is 12.1 Å². The normalized spacial score (nSPS) is 22.8. The molecule has 0 radical (unpaired) electrons. The Morgan fingerprint density at radius 3 is 2.39 bits per heavy atom. The summed E-state index contributed by atoms with van der Waals surface area (Å²) in [5, 5.41) is 2.65. The Balaban J connectivity index is 2.17. The van der Waals surface area contributed by atoms with Crippen LogP contribution in [0.25, 0.3) is 0 Å². The summed E-state index contributed by atoms with van der Waals surface area (Å²) in [4.78, 5) is 25.3. The molecule has 2 rings (SSSR count). The molecular formula is C26H39NO4. The van der Waals surface area contributed by atoms with Crippen LogP contribution >= 0.6 is 0 Å². The van der Waals surface area contributed by atoms with E-state index >= 15 is 0 Å². The van der Waals surface area contributed by atoms with Crippen LogP contribution in [0.15, 0.2) is 43.0 Å². The SMILES string of the molecule is C=CC[C@H](NC(=O)OC(C)(C)C)C(=O)O[C@@H]1C[C@H](C)CC[C@H]1C(C)(C)c1ccccc1. The van der Waals surface area contributed by atoms with E-state index < -0.39 is 23.7 Å². The zero-order valence-corrected chi connectivity index (χ0v) is 19.9. The van der Waals surface area contributed by atoms with Crippen LogP contribution in [0.5, 0.6) is 0 Å². The molecule has 0 saturated heterocycles. The predicted octanol–water partition coefficient (Wildman–Crippen LogP) is 5.78. The first kappa shape index (κ1) is 25.0. The van der Waals surface area contributed by atoms with Gasteiger partial charge in [0, 0.05) is 5.92 Å². The van der Waals surface area contributed by atoms with Gasteiger partial charge in [0.25, 0.3) is 0 Å². The average Bonchev–Trinajstić information content (AvgIpc) is 2.66. The Kier molecular flexibility index (Phi) is 8.33. The minimum atomic E-state index is -0.815. The first-order chi connectivity index (χ1) is 14.4. The van der Waals surface area contributed by atoms with Gasteiger partial charge in [0.1, 0.15) is 17.7 Å². The molecule has 4 atom stereocenters. The highest BCUT2D eigenvalue weighted by atomic mass is 16.6. The second-order valence-corrected chi connectivity index (χ2v) is 10.3. The number of carbonyl (C=O) groups is 2. The fourth-order valence-electron chi connectivity index (χ4n) is 4.43. The van der Waals surface area contributed by atoms with Crippen LogP contribution in [0.1, 0.15) is 72.8 Å². The van der Waals surface area contributed by atoms with Crippen molar-refractivity contribution in [3.05, 3.63) is 48.6 Å². The molecule has 0 aromatic heterocycles. The number of benzene rings is 1. The minimum Gasteiger partial charge on any atom is -0.461 e. The fourth-order valence-corrected chi connectivity index (χ4v) is 4.43. The molecule has 172 valence electrons. The maximum atomic E-state index is 13.1. The van der Waals surface area contributed by atoms with Gasteiger partial charge in [-0.1, -0.05) is 63.6 Å². The number of hydrogen-bond acceptors (Lipinski definition) is 4. The Bertz CT molecular complexity index is 750. The van der Waals surface area contributed by atoms with Crippen LogP contribution in [0, 0.1) is 11.8 Å². The highest BCUT2D eigenvalue weighted by molar-refractivity contribution is 5.81. The fraction of sp³-hybridized carbons (Fsp3) is 0.615. The lowest BCUT2D eigenvalue weighted by atomic mass is 9.64. The number of ether oxygens (including phenoxy) is 2. The Labute approximate surface area is 187 Å². The molecule has 0 heterocycles. The molecule has 0 spiro atoms. The summed E-state index contributed by atoms with van der Waals surface area (Å²) in [6, 6.07) is 9.58. The van der Waals surface area contributed by atoms with Crippen LogP contribution in [0.4, 0.5) is 4.79 Å². The van der Waals surface area contributed by atoms with E-state index in [9.17, 15) is 9.59 Å². The highest BCUT2D eigenvalue weighted by Gasteiger charge is 2.42. The molecule has 5 heteroatoms. The molecule has 1 aromatic carbocycles. The van der Waals surface area contributed by atoms with Crippen molar-refractivity contribution in [2.75, 3.05) is 0 Å². The van der Waals surface area contributed by atoms with Crippen molar-refractivity contribution in [3.63, 3.8) is 0 Å². The summed E-state index contributed by atoms with van der Waals surface area (Å²) in [5.41, 5.74) is 0.458. The molecule has 1 amide bonds.